The Morgan fingerprint density at radius 1 is 1.21 bits per heavy atom. The van der Waals surface area contributed by atoms with E-state index in [9.17, 15) is 18.0 Å². The van der Waals surface area contributed by atoms with Crippen molar-refractivity contribution >= 4 is 5.91 Å². The Balaban J connectivity index is 2.15. The number of alkyl halides is 3. The third-order valence-electron chi connectivity index (χ3n) is 4.50. The van der Waals surface area contributed by atoms with Gasteiger partial charge in [0.1, 0.15) is 11.4 Å². The van der Waals surface area contributed by atoms with Crippen LogP contribution in [0.4, 0.5) is 13.2 Å². The van der Waals surface area contributed by atoms with Crippen LogP contribution in [-0.4, -0.2) is 42.5 Å². The first-order valence-corrected chi connectivity index (χ1v) is 8.99. The number of nitrogens with one attached hydrogen (secondary N) is 1. The number of hydrogen-bond acceptors (Lipinski definition) is 4. The molecule has 1 N–H and O–H groups in total. The van der Waals surface area contributed by atoms with E-state index in [-0.39, 0.29) is 11.6 Å². The van der Waals surface area contributed by atoms with Crippen LogP contribution in [0, 0.1) is 0 Å². The molecule has 1 aromatic carbocycles. The van der Waals surface area contributed by atoms with Crippen molar-refractivity contribution in [2.24, 2.45) is 0 Å². The number of pyridine rings is 1. The fraction of sp³-hybridized carbons (Fsp3) is 0.400. The molecule has 1 unspecified atom stereocenters. The topological polar surface area (TPSA) is 54.5 Å². The monoisotopic (exact) mass is 395 g/mol. The predicted molar refractivity (Wildman–Crippen MR) is 100 cm³/mol. The van der Waals surface area contributed by atoms with Crippen LogP contribution >= 0.6 is 0 Å². The number of hydrogen-bond donors (Lipinski definition) is 1. The summed E-state index contributed by atoms with van der Waals surface area (Å²) in [5.41, 5.74) is 0.0345. The van der Waals surface area contributed by atoms with Crippen LogP contribution in [0.3, 0.4) is 0 Å². The van der Waals surface area contributed by atoms with Gasteiger partial charge in [0, 0.05) is 12.7 Å². The molecule has 1 heterocycles. The minimum absolute atomic E-state index is 0.0805. The highest BCUT2D eigenvalue weighted by molar-refractivity contribution is 5.93. The first-order valence-electron chi connectivity index (χ1n) is 8.99. The van der Waals surface area contributed by atoms with Gasteiger partial charge in [0.15, 0.2) is 0 Å². The molecule has 1 atom stereocenters. The van der Waals surface area contributed by atoms with Crippen molar-refractivity contribution in [1.29, 1.82) is 0 Å². The van der Waals surface area contributed by atoms with Crippen LogP contribution in [0.5, 0.6) is 5.75 Å². The molecule has 8 heteroatoms. The number of carbonyl (C=O) groups excluding carboxylic acids is 1. The van der Waals surface area contributed by atoms with E-state index in [2.05, 4.69) is 15.2 Å². The van der Waals surface area contributed by atoms with Crippen molar-refractivity contribution in [3.8, 4) is 5.75 Å². The number of rotatable bonds is 8. The molecule has 0 saturated heterocycles. The average molecular weight is 395 g/mol. The first-order chi connectivity index (χ1) is 13.3. The second-order valence-electron chi connectivity index (χ2n) is 6.15. The highest BCUT2D eigenvalue weighted by Gasteiger charge is 2.32. The second kappa shape index (κ2) is 9.54. The molecule has 1 aromatic heterocycles. The molecular formula is C20H24F3N3O2. The smallest absolute Gasteiger partial charge is 0.433 e. The Kier molecular flexibility index (Phi) is 7.39. The summed E-state index contributed by atoms with van der Waals surface area (Å²) in [6, 6.07) is 9.42. The van der Waals surface area contributed by atoms with E-state index in [0.717, 1.165) is 37.0 Å². The van der Waals surface area contributed by atoms with E-state index in [1.165, 1.54) is 0 Å². The van der Waals surface area contributed by atoms with Crippen LogP contribution in [0.15, 0.2) is 42.6 Å². The van der Waals surface area contributed by atoms with E-state index in [1.807, 2.05) is 38.1 Å². The highest BCUT2D eigenvalue weighted by atomic mass is 19.4. The number of benzene rings is 1. The number of halogens is 3. The van der Waals surface area contributed by atoms with Crippen LogP contribution in [-0.2, 0) is 6.18 Å². The minimum Gasteiger partial charge on any atom is -0.497 e. The van der Waals surface area contributed by atoms with Crippen molar-refractivity contribution in [3.63, 3.8) is 0 Å². The van der Waals surface area contributed by atoms with Crippen molar-refractivity contribution in [1.82, 2.24) is 15.2 Å². The molecule has 0 fully saturated rings. The largest absolute Gasteiger partial charge is 0.497 e. The zero-order valence-electron chi connectivity index (χ0n) is 16.1. The van der Waals surface area contributed by atoms with Crippen LogP contribution in [0.1, 0.15) is 41.5 Å². The van der Waals surface area contributed by atoms with Gasteiger partial charge < -0.3 is 10.1 Å². The average Bonchev–Trinajstić information content (AvgIpc) is 2.70. The van der Waals surface area contributed by atoms with Gasteiger partial charge >= 0.3 is 6.18 Å². The van der Waals surface area contributed by atoms with Crippen LogP contribution in [0.2, 0.25) is 0 Å². The summed E-state index contributed by atoms with van der Waals surface area (Å²) in [4.78, 5) is 17.9. The number of aromatic nitrogens is 1. The summed E-state index contributed by atoms with van der Waals surface area (Å²) < 4.78 is 43.1. The van der Waals surface area contributed by atoms with Crippen molar-refractivity contribution in [3.05, 3.63) is 59.4 Å². The SMILES string of the molecule is CCN(CC)C(CNC(=O)c1ccc(C(F)(F)F)nc1)c1cccc(OC)c1. The zero-order valence-corrected chi connectivity index (χ0v) is 16.1. The lowest BCUT2D eigenvalue weighted by molar-refractivity contribution is -0.141. The molecule has 2 rings (SSSR count). The predicted octanol–water partition coefficient (Wildman–Crippen LogP) is 3.92. The van der Waals surface area contributed by atoms with Gasteiger partial charge in [-0.05, 0) is 42.9 Å². The van der Waals surface area contributed by atoms with E-state index in [4.69, 9.17) is 4.74 Å². The molecule has 28 heavy (non-hydrogen) atoms. The number of ether oxygens (including phenoxy) is 1. The fourth-order valence-electron chi connectivity index (χ4n) is 2.96. The molecule has 2 aromatic rings. The summed E-state index contributed by atoms with van der Waals surface area (Å²) in [5.74, 6) is 0.245. The normalized spacial score (nSPS) is 12.7. The van der Waals surface area contributed by atoms with Crippen molar-refractivity contribution in [2.75, 3.05) is 26.7 Å². The van der Waals surface area contributed by atoms with E-state index < -0.39 is 17.8 Å². The van der Waals surface area contributed by atoms with Crippen molar-refractivity contribution < 1.29 is 22.7 Å². The third-order valence-corrected chi connectivity index (χ3v) is 4.50. The Labute approximate surface area is 162 Å². The third kappa shape index (κ3) is 5.45. The number of carbonyl (C=O) groups is 1. The molecule has 0 aliphatic carbocycles. The minimum atomic E-state index is -4.53. The molecule has 0 aliphatic heterocycles. The molecule has 0 radical (unpaired) electrons. The van der Waals surface area contributed by atoms with Crippen LogP contribution < -0.4 is 10.1 Å². The van der Waals surface area contributed by atoms with Gasteiger partial charge in [-0.2, -0.15) is 13.2 Å². The molecule has 0 saturated carbocycles. The number of likely N-dealkylation sites (N-methyl/N-ethyl adjacent to an activating group) is 1. The van der Waals surface area contributed by atoms with Gasteiger partial charge in [0.2, 0.25) is 0 Å². The Hall–Kier alpha value is -2.61. The second-order valence-corrected chi connectivity index (χ2v) is 6.15. The van der Waals surface area contributed by atoms with Gasteiger partial charge in [-0.3, -0.25) is 14.7 Å². The summed E-state index contributed by atoms with van der Waals surface area (Å²) in [7, 11) is 1.59. The molecule has 0 aliphatic rings. The summed E-state index contributed by atoms with van der Waals surface area (Å²) in [5, 5.41) is 2.80. The summed E-state index contributed by atoms with van der Waals surface area (Å²) in [6.07, 6.45) is -3.59. The molecular weight excluding hydrogens is 371 g/mol. The first kappa shape index (κ1) is 21.7. The Morgan fingerprint density at radius 2 is 1.93 bits per heavy atom. The quantitative estimate of drug-likeness (QED) is 0.736. The molecule has 1 amide bonds. The standard InChI is InChI=1S/C20H24F3N3O2/c1-4-26(5-2)17(14-7-6-8-16(11-14)28-3)13-25-19(27)15-9-10-18(24-12-15)20(21,22)23/h6-12,17H,4-5,13H2,1-3H3,(H,25,27). The number of methoxy groups -OCH3 is 1. The number of amides is 1. The van der Waals surface area contributed by atoms with E-state index in [1.54, 1.807) is 7.11 Å². The molecule has 5 nitrogen and oxygen atoms in total. The lowest BCUT2D eigenvalue weighted by atomic mass is 10.0. The van der Waals surface area contributed by atoms with Gasteiger partial charge in [-0.25, -0.2) is 0 Å². The maximum atomic E-state index is 12.6. The summed E-state index contributed by atoms with van der Waals surface area (Å²) in [6.45, 7) is 5.90. The Morgan fingerprint density at radius 3 is 2.46 bits per heavy atom. The lowest BCUT2D eigenvalue weighted by Crippen LogP contribution is -2.38. The molecule has 152 valence electrons. The molecule has 0 spiro atoms. The lowest BCUT2D eigenvalue weighted by Gasteiger charge is -2.30. The van der Waals surface area contributed by atoms with Crippen LogP contribution in [0.25, 0.3) is 0 Å². The van der Waals surface area contributed by atoms with Crippen molar-refractivity contribution in [2.45, 2.75) is 26.1 Å². The fourth-order valence-corrected chi connectivity index (χ4v) is 2.96. The Bertz CT molecular complexity index is 775. The van der Waals surface area contributed by atoms with Gasteiger partial charge in [-0.15, -0.1) is 0 Å². The van der Waals surface area contributed by atoms with Gasteiger partial charge in [0.05, 0.1) is 18.7 Å². The highest BCUT2D eigenvalue weighted by Crippen LogP contribution is 2.27. The van der Waals surface area contributed by atoms with E-state index >= 15 is 0 Å². The van der Waals surface area contributed by atoms with Gasteiger partial charge in [-0.1, -0.05) is 26.0 Å². The zero-order chi connectivity index (χ0) is 20.7. The molecule has 0 bridgehead atoms. The number of nitrogens with zero attached hydrogens (tertiary/aromatic N) is 2. The van der Waals surface area contributed by atoms with Gasteiger partial charge in [0.25, 0.3) is 5.91 Å². The van der Waals surface area contributed by atoms with E-state index in [0.29, 0.717) is 12.3 Å². The maximum absolute atomic E-state index is 12.6. The summed E-state index contributed by atoms with van der Waals surface area (Å²) >= 11 is 0. The maximum Gasteiger partial charge on any atom is 0.433 e.